The first-order chi connectivity index (χ1) is 6.70. The van der Waals surface area contributed by atoms with E-state index in [-0.39, 0.29) is 18.2 Å². The third kappa shape index (κ3) is 7.30. The van der Waals surface area contributed by atoms with Gasteiger partial charge in [0.2, 0.25) is 11.8 Å². The fourth-order valence-electron chi connectivity index (χ4n) is 0.749. The maximum absolute atomic E-state index is 11.0. The largest absolute Gasteiger partial charge is 0.383 e. The predicted molar refractivity (Wildman–Crippen MR) is 52.7 cm³/mol. The molecule has 5 heteroatoms. The minimum Gasteiger partial charge on any atom is -0.383 e. The molecule has 0 aromatic heterocycles. The Morgan fingerprint density at radius 3 is 2.57 bits per heavy atom. The number of hydrogen-bond acceptors (Lipinski definition) is 3. The Kier molecular flexibility index (Phi) is 7.45. The van der Waals surface area contributed by atoms with Crippen LogP contribution in [0, 0.1) is 0 Å². The molecule has 0 fully saturated rings. The number of nitrogens with one attached hydrogen (secondary N) is 2. The van der Waals surface area contributed by atoms with Crippen LogP contribution in [0.5, 0.6) is 0 Å². The lowest BCUT2D eigenvalue weighted by Crippen LogP contribution is -2.33. The minimum atomic E-state index is -0.306. The van der Waals surface area contributed by atoms with Crippen molar-refractivity contribution in [2.75, 3.05) is 26.8 Å². The van der Waals surface area contributed by atoms with E-state index in [0.717, 1.165) is 0 Å². The molecule has 2 N–H and O–H groups in total. The number of carbonyl (C=O) groups is 2. The number of amides is 2. The predicted octanol–water partition coefficient (Wildman–Crippen LogP) is -0.559. The highest BCUT2D eigenvalue weighted by molar-refractivity contribution is 5.96. The van der Waals surface area contributed by atoms with Gasteiger partial charge in [0.1, 0.15) is 6.42 Å². The van der Waals surface area contributed by atoms with Crippen LogP contribution in [0.15, 0.2) is 12.7 Å². The Labute approximate surface area is 83.5 Å². The quantitative estimate of drug-likeness (QED) is 0.329. The van der Waals surface area contributed by atoms with Gasteiger partial charge in [-0.25, -0.2) is 0 Å². The molecule has 0 aliphatic rings. The Balaban J connectivity index is 3.50. The Bertz CT molecular complexity index is 204. The molecule has 2 amide bonds. The van der Waals surface area contributed by atoms with Gasteiger partial charge in [-0.05, 0) is 0 Å². The zero-order valence-electron chi connectivity index (χ0n) is 8.34. The van der Waals surface area contributed by atoms with E-state index in [1.807, 2.05) is 0 Å². The van der Waals surface area contributed by atoms with Crippen LogP contribution >= 0.6 is 0 Å². The number of ether oxygens (including phenoxy) is 1. The second-order valence-electron chi connectivity index (χ2n) is 2.61. The average Bonchev–Trinajstić information content (AvgIpc) is 2.15. The normalized spacial score (nSPS) is 9.21. The van der Waals surface area contributed by atoms with Gasteiger partial charge in [-0.2, -0.15) is 0 Å². The van der Waals surface area contributed by atoms with Gasteiger partial charge in [-0.15, -0.1) is 6.58 Å². The van der Waals surface area contributed by atoms with E-state index in [1.165, 1.54) is 0 Å². The van der Waals surface area contributed by atoms with Gasteiger partial charge >= 0.3 is 0 Å². The third-order valence-electron chi connectivity index (χ3n) is 1.39. The van der Waals surface area contributed by atoms with Crippen LogP contribution < -0.4 is 10.6 Å². The summed E-state index contributed by atoms with van der Waals surface area (Å²) in [6.07, 6.45) is 1.40. The fraction of sp³-hybridized carbons (Fsp3) is 0.556. The minimum absolute atomic E-state index is 0.155. The van der Waals surface area contributed by atoms with Crippen molar-refractivity contribution in [2.24, 2.45) is 0 Å². The summed E-state index contributed by atoms with van der Waals surface area (Å²) >= 11 is 0. The SMILES string of the molecule is C=CCNC(=O)CC(=O)NCCOC. The molecule has 0 aromatic carbocycles. The van der Waals surface area contributed by atoms with Crippen LogP contribution in [-0.2, 0) is 14.3 Å². The van der Waals surface area contributed by atoms with Crippen LogP contribution in [0.4, 0.5) is 0 Å². The van der Waals surface area contributed by atoms with E-state index in [1.54, 1.807) is 13.2 Å². The summed E-state index contributed by atoms with van der Waals surface area (Å²) in [4.78, 5) is 22.0. The zero-order valence-corrected chi connectivity index (χ0v) is 8.34. The molecule has 0 aliphatic heterocycles. The highest BCUT2D eigenvalue weighted by Gasteiger charge is 2.06. The van der Waals surface area contributed by atoms with Gasteiger partial charge in [0.05, 0.1) is 6.61 Å². The van der Waals surface area contributed by atoms with Crippen LogP contribution in [0.2, 0.25) is 0 Å². The van der Waals surface area contributed by atoms with Crippen molar-refractivity contribution in [3.8, 4) is 0 Å². The van der Waals surface area contributed by atoms with Gasteiger partial charge < -0.3 is 15.4 Å². The highest BCUT2D eigenvalue weighted by Crippen LogP contribution is 1.80. The Hall–Kier alpha value is -1.36. The Morgan fingerprint density at radius 2 is 2.00 bits per heavy atom. The van der Waals surface area contributed by atoms with Crippen molar-refractivity contribution in [1.82, 2.24) is 10.6 Å². The standard InChI is InChI=1S/C9H16N2O3/c1-3-4-10-8(12)7-9(13)11-5-6-14-2/h3H,1,4-7H2,2H3,(H,10,12)(H,11,13). The van der Waals surface area contributed by atoms with Gasteiger partial charge in [0.15, 0.2) is 0 Å². The molecule has 0 radical (unpaired) electrons. The second-order valence-corrected chi connectivity index (χ2v) is 2.61. The van der Waals surface area contributed by atoms with Crippen molar-refractivity contribution in [3.05, 3.63) is 12.7 Å². The van der Waals surface area contributed by atoms with Crippen molar-refractivity contribution in [1.29, 1.82) is 0 Å². The van der Waals surface area contributed by atoms with Crippen molar-refractivity contribution >= 4 is 11.8 Å². The molecule has 0 saturated carbocycles. The van der Waals surface area contributed by atoms with E-state index in [2.05, 4.69) is 17.2 Å². The van der Waals surface area contributed by atoms with E-state index >= 15 is 0 Å². The molecular weight excluding hydrogens is 184 g/mol. The molecule has 0 heterocycles. The average molecular weight is 200 g/mol. The summed E-state index contributed by atoms with van der Waals surface area (Å²) in [5.74, 6) is -0.608. The highest BCUT2D eigenvalue weighted by atomic mass is 16.5. The lowest BCUT2D eigenvalue weighted by atomic mass is 10.3. The van der Waals surface area contributed by atoms with E-state index in [4.69, 9.17) is 4.74 Å². The van der Waals surface area contributed by atoms with E-state index < -0.39 is 0 Å². The maximum Gasteiger partial charge on any atom is 0.229 e. The van der Waals surface area contributed by atoms with E-state index in [9.17, 15) is 9.59 Å². The first-order valence-corrected chi connectivity index (χ1v) is 4.34. The fourth-order valence-corrected chi connectivity index (χ4v) is 0.749. The zero-order chi connectivity index (χ0) is 10.8. The topological polar surface area (TPSA) is 67.4 Å². The van der Waals surface area contributed by atoms with Crippen LogP contribution in [0.25, 0.3) is 0 Å². The molecular formula is C9H16N2O3. The summed E-state index contributed by atoms with van der Waals surface area (Å²) < 4.78 is 4.73. The summed E-state index contributed by atoms with van der Waals surface area (Å²) in [5, 5.41) is 5.04. The lowest BCUT2D eigenvalue weighted by Gasteiger charge is -2.04. The monoisotopic (exact) mass is 200 g/mol. The summed E-state index contributed by atoms with van der Waals surface area (Å²) in [6, 6.07) is 0. The molecule has 0 rings (SSSR count). The first kappa shape index (κ1) is 12.6. The smallest absolute Gasteiger partial charge is 0.229 e. The van der Waals surface area contributed by atoms with Crippen LogP contribution in [0.3, 0.4) is 0 Å². The number of rotatable bonds is 7. The molecule has 0 spiro atoms. The molecule has 0 aliphatic carbocycles. The first-order valence-electron chi connectivity index (χ1n) is 4.34. The van der Waals surface area contributed by atoms with Crippen molar-refractivity contribution < 1.29 is 14.3 Å². The van der Waals surface area contributed by atoms with Gasteiger partial charge in [0, 0.05) is 20.2 Å². The van der Waals surface area contributed by atoms with Crippen molar-refractivity contribution in [2.45, 2.75) is 6.42 Å². The third-order valence-corrected chi connectivity index (χ3v) is 1.39. The van der Waals surface area contributed by atoms with Crippen molar-refractivity contribution in [3.63, 3.8) is 0 Å². The molecule has 5 nitrogen and oxygen atoms in total. The van der Waals surface area contributed by atoms with Crippen LogP contribution in [0.1, 0.15) is 6.42 Å². The second kappa shape index (κ2) is 8.25. The van der Waals surface area contributed by atoms with Gasteiger partial charge in [0.25, 0.3) is 0 Å². The molecule has 14 heavy (non-hydrogen) atoms. The number of carbonyl (C=O) groups excluding carboxylic acids is 2. The molecule has 0 atom stereocenters. The molecule has 0 saturated heterocycles. The number of hydrogen-bond donors (Lipinski definition) is 2. The molecule has 0 unspecified atom stereocenters. The van der Waals surface area contributed by atoms with E-state index in [0.29, 0.717) is 19.7 Å². The lowest BCUT2D eigenvalue weighted by molar-refractivity contribution is -0.129. The van der Waals surface area contributed by atoms with Gasteiger partial charge in [-0.3, -0.25) is 9.59 Å². The molecule has 0 bridgehead atoms. The molecule has 80 valence electrons. The number of methoxy groups -OCH3 is 1. The Morgan fingerprint density at radius 1 is 1.36 bits per heavy atom. The summed E-state index contributed by atoms with van der Waals surface area (Å²) in [6.45, 7) is 4.68. The van der Waals surface area contributed by atoms with Gasteiger partial charge in [-0.1, -0.05) is 6.08 Å². The van der Waals surface area contributed by atoms with Crippen LogP contribution in [-0.4, -0.2) is 38.6 Å². The molecule has 0 aromatic rings. The summed E-state index contributed by atoms with van der Waals surface area (Å²) in [5.41, 5.74) is 0. The maximum atomic E-state index is 11.0. The summed E-state index contributed by atoms with van der Waals surface area (Å²) in [7, 11) is 1.54.